The van der Waals surface area contributed by atoms with Crippen molar-refractivity contribution in [3.8, 4) is 11.5 Å². The summed E-state index contributed by atoms with van der Waals surface area (Å²) in [6, 6.07) is 16.8. The van der Waals surface area contributed by atoms with Crippen molar-refractivity contribution in [3.63, 3.8) is 0 Å². The molecule has 9 nitrogen and oxygen atoms in total. The third kappa shape index (κ3) is 8.79. The minimum atomic E-state index is -0.965. The molecule has 190 valence electrons. The van der Waals surface area contributed by atoms with Gasteiger partial charge in [0.05, 0.1) is 11.2 Å². The third-order valence-electron chi connectivity index (χ3n) is 4.50. The Morgan fingerprint density at radius 1 is 0.919 bits per heavy atom. The molecule has 0 heterocycles. The highest BCUT2D eigenvalue weighted by molar-refractivity contribution is 6.39. The van der Waals surface area contributed by atoms with E-state index in [0.717, 1.165) is 6.07 Å². The molecule has 3 aromatic carbocycles. The normalized spacial score (nSPS) is 10.4. The highest BCUT2D eigenvalue weighted by Gasteiger charge is 2.13. The van der Waals surface area contributed by atoms with Gasteiger partial charge in [-0.25, -0.2) is 9.82 Å². The van der Waals surface area contributed by atoms with Crippen LogP contribution in [0.5, 0.6) is 11.5 Å². The SMILES string of the molecule is C=CCOc1ccc(NC(=O)C(=O)N/N=C\c2cccc(OCC(=O)Nc3ccc(F)c(Cl)c3)c2)cc1. The van der Waals surface area contributed by atoms with Crippen LogP contribution in [0.1, 0.15) is 5.56 Å². The Balaban J connectivity index is 1.45. The van der Waals surface area contributed by atoms with E-state index in [1.807, 2.05) is 0 Å². The lowest BCUT2D eigenvalue weighted by Crippen LogP contribution is -2.32. The zero-order chi connectivity index (χ0) is 26.6. The highest BCUT2D eigenvalue weighted by Crippen LogP contribution is 2.19. The number of benzene rings is 3. The van der Waals surface area contributed by atoms with Crippen molar-refractivity contribution in [3.05, 3.63) is 95.8 Å². The van der Waals surface area contributed by atoms with Gasteiger partial charge in [-0.1, -0.05) is 36.4 Å². The molecule has 3 amide bonds. The number of hydrogen-bond acceptors (Lipinski definition) is 6. The van der Waals surface area contributed by atoms with E-state index in [-0.39, 0.29) is 11.6 Å². The van der Waals surface area contributed by atoms with E-state index >= 15 is 0 Å². The predicted octanol–water partition coefficient (Wildman–Crippen LogP) is 4.15. The molecule has 3 aromatic rings. The van der Waals surface area contributed by atoms with Crippen LogP contribution in [0.4, 0.5) is 15.8 Å². The maximum atomic E-state index is 13.2. The van der Waals surface area contributed by atoms with Crippen LogP contribution in [0.25, 0.3) is 0 Å². The summed E-state index contributed by atoms with van der Waals surface area (Å²) in [5.74, 6) is -1.97. The molecule has 0 saturated carbocycles. The van der Waals surface area contributed by atoms with Crippen molar-refractivity contribution in [1.82, 2.24) is 5.43 Å². The average Bonchev–Trinajstić information content (AvgIpc) is 2.89. The van der Waals surface area contributed by atoms with Crippen LogP contribution in [0.15, 0.2) is 84.5 Å². The van der Waals surface area contributed by atoms with Gasteiger partial charge in [-0.2, -0.15) is 5.10 Å². The molecule has 0 unspecified atom stereocenters. The number of nitrogens with zero attached hydrogens (tertiary/aromatic N) is 1. The first kappa shape index (κ1) is 26.9. The molecule has 0 aliphatic carbocycles. The fourth-order valence-corrected chi connectivity index (χ4v) is 2.98. The fraction of sp³-hybridized carbons (Fsp3) is 0.0769. The van der Waals surface area contributed by atoms with Crippen molar-refractivity contribution in [2.45, 2.75) is 0 Å². The molecule has 0 radical (unpaired) electrons. The number of anilines is 2. The summed E-state index contributed by atoms with van der Waals surface area (Å²) in [7, 11) is 0. The van der Waals surface area contributed by atoms with Crippen LogP contribution in [-0.2, 0) is 14.4 Å². The molecule has 3 N–H and O–H groups in total. The molecule has 0 bridgehead atoms. The second-order valence-electron chi connectivity index (χ2n) is 7.32. The number of carbonyl (C=O) groups excluding carboxylic acids is 3. The lowest BCUT2D eigenvalue weighted by atomic mass is 10.2. The number of nitrogens with one attached hydrogen (secondary N) is 3. The third-order valence-corrected chi connectivity index (χ3v) is 4.79. The Bertz CT molecular complexity index is 1310. The van der Waals surface area contributed by atoms with Gasteiger partial charge < -0.3 is 20.1 Å². The van der Waals surface area contributed by atoms with Gasteiger partial charge in [-0.3, -0.25) is 14.4 Å². The molecule has 11 heteroatoms. The van der Waals surface area contributed by atoms with Crippen molar-refractivity contribution < 1.29 is 28.2 Å². The molecule has 0 fully saturated rings. The van der Waals surface area contributed by atoms with Gasteiger partial charge in [-0.15, -0.1) is 0 Å². The van der Waals surface area contributed by atoms with Crippen LogP contribution in [0, 0.1) is 5.82 Å². The first-order chi connectivity index (χ1) is 17.8. The molecule has 0 aliphatic heterocycles. The number of rotatable bonds is 10. The first-order valence-corrected chi connectivity index (χ1v) is 11.2. The van der Waals surface area contributed by atoms with Crippen molar-refractivity contribution in [1.29, 1.82) is 0 Å². The maximum Gasteiger partial charge on any atom is 0.329 e. The smallest absolute Gasteiger partial charge is 0.329 e. The van der Waals surface area contributed by atoms with Crippen LogP contribution in [0.2, 0.25) is 5.02 Å². The van der Waals surface area contributed by atoms with E-state index in [4.69, 9.17) is 21.1 Å². The van der Waals surface area contributed by atoms with Gasteiger partial charge in [0.2, 0.25) is 0 Å². The maximum absolute atomic E-state index is 13.2. The monoisotopic (exact) mass is 524 g/mol. The van der Waals surface area contributed by atoms with Crippen molar-refractivity contribution in [2.75, 3.05) is 23.8 Å². The van der Waals surface area contributed by atoms with Crippen LogP contribution in [0.3, 0.4) is 0 Å². The summed E-state index contributed by atoms with van der Waals surface area (Å²) < 4.78 is 24.0. The minimum absolute atomic E-state index is 0.112. The predicted molar refractivity (Wildman–Crippen MR) is 138 cm³/mol. The van der Waals surface area contributed by atoms with Crippen molar-refractivity contribution in [2.24, 2.45) is 5.10 Å². The van der Waals surface area contributed by atoms with E-state index in [0.29, 0.717) is 35.0 Å². The number of ether oxygens (including phenoxy) is 2. The number of hydrazone groups is 1. The lowest BCUT2D eigenvalue weighted by Gasteiger charge is -2.08. The molecule has 0 atom stereocenters. The minimum Gasteiger partial charge on any atom is -0.490 e. The second-order valence-corrected chi connectivity index (χ2v) is 7.72. The zero-order valence-corrected chi connectivity index (χ0v) is 20.1. The highest BCUT2D eigenvalue weighted by atomic mass is 35.5. The lowest BCUT2D eigenvalue weighted by molar-refractivity contribution is -0.136. The van der Waals surface area contributed by atoms with Gasteiger partial charge in [0.15, 0.2) is 6.61 Å². The molecule has 3 rings (SSSR count). The van der Waals surface area contributed by atoms with Crippen molar-refractivity contribution >= 4 is 46.9 Å². The van der Waals surface area contributed by atoms with E-state index in [1.165, 1.54) is 18.3 Å². The van der Waals surface area contributed by atoms with E-state index in [1.54, 1.807) is 54.6 Å². The van der Waals surface area contributed by atoms with Gasteiger partial charge in [0.1, 0.15) is 23.9 Å². The average molecular weight is 525 g/mol. The number of halogens is 2. The molecule has 0 aliphatic rings. The standard InChI is InChI=1S/C26H22ClFN4O5/c1-2-12-36-20-9-6-18(7-10-20)31-25(34)26(35)32-29-15-17-4-3-5-21(13-17)37-16-24(33)30-19-8-11-23(28)22(27)14-19/h2-11,13-15H,1,12,16H2,(H,30,33)(H,31,34)(H,32,35)/b29-15-. The molecular weight excluding hydrogens is 503 g/mol. The fourth-order valence-electron chi connectivity index (χ4n) is 2.80. The Labute approximate surface area is 216 Å². The Morgan fingerprint density at radius 2 is 1.68 bits per heavy atom. The van der Waals surface area contributed by atoms with Crippen LogP contribution in [-0.4, -0.2) is 37.1 Å². The summed E-state index contributed by atoms with van der Waals surface area (Å²) in [5.41, 5.74) is 3.41. The summed E-state index contributed by atoms with van der Waals surface area (Å²) in [6.07, 6.45) is 2.92. The van der Waals surface area contributed by atoms with E-state index in [9.17, 15) is 18.8 Å². The van der Waals surface area contributed by atoms with Gasteiger partial charge in [0.25, 0.3) is 5.91 Å². The summed E-state index contributed by atoms with van der Waals surface area (Å²) in [6.45, 7) is 3.60. The quantitative estimate of drug-likeness (QED) is 0.159. The summed E-state index contributed by atoms with van der Waals surface area (Å²) in [4.78, 5) is 36.1. The molecule has 37 heavy (non-hydrogen) atoms. The van der Waals surface area contributed by atoms with Gasteiger partial charge >= 0.3 is 11.8 Å². The molecule has 0 aromatic heterocycles. The topological polar surface area (TPSA) is 118 Å². The van der Waals surface area contributed by atoms with Gasteiger partial charge in [0, 0.05) is 11.4 Å². The summed E-state index contributed by atoms with van der Waals surface area (Å²) >= 11 is 5.70. The van der Waals surface area contributed by atoms with Crippen LogP contribution >= 0.6 is 11.6 Å². The Kier molecular flexibility index (Phi) is 9.74. The first-order valence-electron chi connectivity index (χ1n) is 10.8. The van der Waals surface area contributed by atoms with Crippen LogP contribution < -0.4 is 25.5 Å². The summed E-state index contributed by atoms with van der Waals surface area (Å²) in [5, 5.41) is 8.65. The zero-order valence-electron chi connectivity index (χ0n) is 19.4. The Morgan fingerprint density at radius 3 is 2.41 bits per heavy atom. The van der Waals surface area contributed by atoms with E-state index < -0.39 is 23.5 Å². The molecule has 0 saturated heterocycles. The number of hydrogen-bond donors (Lipinski definition) is 3. The molecule has 0 spiro atoms. The second kappa shape index (κ2) is 13.4. The van der Waals surface area contributed by atoms with E-state index in [2.05, 4.69) is 27.7 Å². The number of carbonyl (C=O) groups is 3. The molecular formula is C26H22ClFN4O5. The Hall–Kier alpha value is -4.70. The number of amides is 3. The largest absolute Gasteiger partial charge is 0.490 e. The van der Waals surface area contributed by atoms with Gasteiger partial charge in [-0.05, 0) is 60.2 Å².